The monoisotopic (exact) mass is 369 g/mol. The molecule has 0 aliphatic heterocycles. The number of alkyl halides is 3. The van der Waals surface area contributed by atoms with Crippen LogP contribution < -0.4 is 10.1 Å². The number of carbonyl (C=O) groups excluding carboxylic acids is 1. The number of aromatic nitrogens is 2. The van der Waals surface area contributed by atoms with E-state index < -0.39 is 23.8 Å². The molecule has 1 aromatic heterocycles. The maximum Gasteiger partial charge on any atom is 0.573 e. The Morgan fingerprint density at radius 1 is 1.04 bits per heavy atom. The maximum atomic E-state index is 12.2. The fourth-order valence-electron chi connectivity index (χ4n) is 2.05. The summed E-state index contributed by atoms with van der Waals surface area (Å²) in [6.45, 7) is 3.28. The molecule has 7 nitrogen and oxygen atoms in total. The standard InChI is InChI=1S/C16H14F3N3O4/c1-15(2,9-3-5-10(6-4-9)26-16(17,18)19)22-13(23)11-7-21-12(8-20-11)14(24)25/h3-8H,1-2H3,(H,22,23)(H,24,25). The van der Waals surface area contributed by atoms with Gasteiger partial charge in [-0.05, 0) is 31.5 Å². The smallest absolute Gasteiger partial charge is 0.476 e. The molecule has 0 radical (unpaired) electrons. The summed E-state index contributed by atoms with van der Waals surface area (Å²) in [4.78, 5) is 30.3. The number of hydrogen-bond acceptors (Lipinski definition) is 5. The fraction of sp³-hybridized carbons (Fsp3) is 0.250. The lowest BCUT2D eigenvalue weighted by atomic mass is 9.94. The van der Waals surface area contributed by atoms with E-state index in [1.54, 1.807) is 13.8 Å². The number of benzene rings is 1. The molecule has 26 heavy (non-hydrogen) atoms. The molecule has 0 bridgehead atoms. The van der Waals surface area contributed by atoms with Crippen LogP contribution in [0.4, 0.5) is 13.2 Å². The van der Waals surface area contributed by atoms with Crippen molar-refractivity contribution in [3.8, 4) is 5.75 Å². The van der Waals surface area contributed by atoms with E-state index in [9.17, 15) is 22.8 Å². The van der Waals surface area contributed by atoms with E-state index >= 15 is 0 Å². The third-order valence-corrected chi connectivity index (χ3v) is 3.34. The van der Waals surface area contributed by atoms with Crippen LogP contribution in [0.2, 0.25) is 0 Å². The molecule has 10 heteroatoms. The Bertz CT molecular complexity index is 803. The zero-order chi connectivity index (χ0) is 19.5. The summed E-state index contributed by atoms with van der Waals surface area (Å²) in [5.74, 6) is -2.26. The minimum Gasteiger partial charge on any atom is -0.476 e. The number of ether oxygens (including phenoxy) is 1. The topological polar surface area (TPSA) is 101 Å². The minimum atomic E-state index is -4.79. The average molecular weight is 369 g/mol. The van der Waals surface area contributed by atoms with Crippen molar-refractivity contribution in [1.29, 1.82) is 0 Å². The van der Waals surface area contributed by atoms with Gasteiger partial charge in [0.05, 0.1) is 17.9 Å². The molecule has 2 N–H and O–H groups in total. The Kier molecular flexibility index (Phi) is 5.15. The van der Waals surface area contributed by atoms with Crippen LogP contribution in [0.1, 0.15) is 40.4 Å². The van der Waals surface area contributed by atoms with E-state index in [0.717, 1.165) is 24.5 Å². The number of hydrogen-bond donors (Lipinski definition) is 2. The number of aromatic carboxylic acids is 1. The molecule has 1 aromatic carbocycles. The molecule has 138 valence electrons. The van der Waals surface area contributed by atoms with Gasteiger partial charge >= 0.3 is 12.3 Å². The Morgan fingerprint density at radius 2 is 1.58 bits per heavy atom. The number of carboxylic acids is 1. The molecular formula is C16H14F3N3O4. The Morgan fingerprint density at radius 3 is 2.04 bits per heavy atom. The summed E-state index contributed by atoms with van der Waals surface area (Å²) >= 11 is 0. The quantitative estimate of drug-likeness (QED) is 0.840. The van der Waals surface area contributed by atoms with Crippen LogP contribution in [-0.2, 0) is 5.54 Å². The van der Waals surface area contributed by atoms with Crippen molar-refractivity contribution >= 4 is 11.9 Å². The molecule has 2 rings (SSSR count). The van der Waals surface area contributed by atoms with Crippen LogP contribution in [0.15, 0.2) is 36.7 Å². The highest BCUT2D eigenvalue weighted by Crippen LogP contribution is 2.26. The van der Waals surface area contributed by atoms with Crippen molar-refractivity contribution in [3.05, 3.63) is 53.6 Å². The first-order valence-corrected chi connectivity index (χ1v) is 7.22. The second-order valence-corrected chi connectivity index (χ2v) is 5.74. The van der Waals surface area contributed by atoms with Gasteiger partial charge in [-0.2, -0.15) is 0 Å². The minimum absolute atomic E-state index is 0.0971. The summed E-state index contributed by atoms with van der Waals surface area (Å²) in [6, 6.07) is 5.05. The molecule has 2 aromatic rings. The van der Waals surface area contributed by atoms with Crippen molar-refractivity contribution in [3.63, 3.8) is 0 Å². The lowest BCUT2D eigenvalue weighted by Crippen LogP contribution is -2.41. The van der Waals surface area contributed by atoms with Gasteiger partial charge in [-0.3, -0.25) is 4.79 Å². The number of rotatable bonds is 5. The predicted octanol–water partition coefficient (Wildman–Crippen LogP) is 2.74. The number of halogens is 3. The number of carboxylic acid groups (broad SMARTS) is 1. The molecular weight excluding hydrogens is 355 g/mol. The van der Waals surface area contributed by atoms with Gasteiger partial charge in [0.25, 0.3) is 5.91 Å². The molecule has 0 saturated carbocycles. The summed E-state index contributed by atoms with van der Waals surface area (Å²) in [5, 5.41) is 11.4. The molecule has 0 spiro atoms. The maximum absolute atomic E-state index is 12.2. The van der Waals surface area contributed by atoms with E-state index in [-0.39, 0.29) is 17.1 Å². The summed E-state index contributed by atoms with van der Waals surface area (Å²) in [5.41, 5.74) is -0.822. The zero-order valence-electron chi connectivity index (χ0n) is 13.7. The first kappa shape index (κ1) is 19.2. The zero-order valence-corrected chi connectivity index (χ0v) is 13.7. The lowest BCUT2D eigenvalue weighted by Gasteiger charge is -2.27. The van der Waals surface area contributed by atoms with Crippen molar-refractivity contribution in [2.75, 3.05) is 0 Å². The molecule has 0 unspecified atom stereocenters. The van der Waals surface area contributed by atoms with Gasteiger partial charge in [-0.1, -0.05) is 12.1 Å². The van der Waals surface area contributed by atoms with Crippen LogP contribution in [0.5, 0.6) is 5.75 Å². The first-order valence-electron chi connectivity index (χ1n) is 7.22. The molecule has 0 aliphatic carbocycles. The van der Waals surface area contributed by atoms with Gasteiger partial charge in [0.1, 0.15) is 11.4 Å². The van der Waals surface area contributed by atoms with Crippen molar-refractivity contribution in [2.45, 2.75) is 25.7 Å². The van der Waals surface area contributed by atoms with Gasteiger partial charge in [0.15, 0.2) is 5.69 Å². The number of amides is 1. The van der Waals surface area contributed by atoms with Crippen molar-refractivity contribution in [2.24, 2.45) is 0 Å². The third-order valence-electron chi connectivity index (χ3n) is 3.34. The van der Waals surface area contributed by atoms with Crippen molar-refractivity contribution < 1.29 is 32.6 Å². The van der Waals surface area contributed by atoms with Crippen LogP contribution in [0.25, 0.3) is 0 Å². The summed E-state index contributed by atoms with van der Waals surface area (Å²) < 4.78 is 40.4. The van der Waals surface area contributed by atoms with Crippen LogP contribution in [-0.4, -0.2) is 33.3 Å². The van der Waals surface area contributed by atoms with Crippen LogP contribution >= 0.6 is 0 Å². The highest BCUT2D eigenvalue weighted by Gasteiger charge is 2.31. The highest BCUT2D eigenvalue weighted by atomic mass is 19.4. The van der Waals surface area contributed by atoms with Crippen molar-refractivity contribution in [1.82, 2.24) is 15.3 Å². The summed E-state index contributed by atoms with van der Waals surface area (Å²) in [7, 11) is 0. The molecule has 0 aliphatic rings. The molecule has 0 atom stereocenters. The van der Waals surface area contributed by atoms with E-state index in [1.165, 1.54) is 12.1 Å². The van der Waals surface area contributed by atoms with Gasteiger partial charge in [-0.25, -0.2) is 14.8 Å². The number of nitrogens with one attached hydrogen (secondary N) is 1. The lowest BCUT2D eigenvalue weighted by molar-refractivity contribution is -0.274. The molecule has 0 saturated heterocycles. The van der Waals surface area contributed by atoms with Gasteiger partial charge < -0.3 is 15.2 Å². The second-order valence-electron chi connectivity index (χ2n) is 5.74. The molecule has 1 amide bonds. The van der Waals surface area contributed by atoms with Gasteiger partial charge in [0, 0.05) is 0 Å². The van der Waals surface area contributed by atoms with E-state index in [4.69, 9.17) is 5.11 Å². The Hall–Kier alpha value is -3.17. The largest absolute Gasteiger partial charge is 0.573 e. The first-order chi connectivity index (χ1) is 12.0. The second kappa shape index (κ2) is 6.98. The van der Waals surface area contributed by atoms with E-state index in [0.29, 0.717) is 5.56 Å². The average Bonchev–Trinajstić information content (AvgIpc) is 2.53. The third kappa shape index (κ3) is 4.91. The predicted molar refractivity (Wildman–Crippen MR) is 82.6 cm³/mol. The Labute approximate surface area is 145 Å². The number of nitrogens with zero attached hydrogens (tertiary/aromatic N) is 2. The van der Waals surface area contributed by atoms with E-state index in [1.807, 2.05) is 0 Å². The molecule has 1 heterocycles. The SMILES string of the molecule is CC(C)(NC(=O)c1cnc(C(=O)O)cn1)c1ccc(OC(F)(F)F)cc1. The van der Waals surface area contributed by atoms with Crippen LogP contribution in [0.3, 0.4) is 0 Å². The fourth-order valence-corrected chi connectivity index (χ4v) is 2.05. The summed E-state index contributed by atoms with van der Waals surface area (Å²) in [6.07, 6.45) is -2.81. The highest BCUT2D eigenvalue weighted by molar-refractivity contribution is 5.93. The Balaban J connectivity index is 2.11. The molecule has 0 fully saturated rings. The number of carbonyl (C=O) groups is 2. The van der Waals surface area contributed by atoms with Crippen LogP contribution in [0, 0.1) is 0 Å². The normalized spacial score (nSPS) is 11.7. The van der Waals surface area contributed by atoms with E-state index in [2.05, 4.69) is 20.0 Å². The van der Waals surface area contributed by atoms with Gasteiger partial charge in [0.2, 0.25) is 0 Å². The van der Waals surface area contributed by atoms with Gasteiger partial charge in [-0.15, -0.1) is 13.2 Å².